The number of hydrogen-bond acceptors (Lipinski definition) is 4. The van der Waals surface area contributed by atoms with E-state index in [9.17, 15) is 9.59 Å². The van der Waals surface area contributed by atoms with Crippen molar-refractivity contribution in [3.63, 3.8) is 0 Å². The molecule has 0 aliphatic rings. The van der Waals surface area contributed by atoms with Gasteiger partial charge in [-0.05, 0) is 47.9 Å². The quantitative estimate of drug-likeness (QED) is 0.0741. The second-order valence-corrected chi connectivity index (χ2v) is 11.3. The van der Waals surface area contributed by atoms with Crippen LogP contribution in [0.3, 0.4) is 0 Å². The molecule has 0 aromatic heterocycles. The van der Waals surface area contributed by atoms with Crippen LogP contribution in [0.25, 0.3) is 0 Å². The highest BCUT2D eigenvalue weighted by Crippen LogP contribution is 2.31. The SMILES string of the molecule is CCCCCCCCCCCCOC(=O)C(C(=O)c1c(C)cc(C(C)(C)C)cc1C)c1ccccc1.O=[PH2+]. The van der Waals surface area contributed by atoms with E-state index < -0.39 is 11.9 Å². The van der Waals surface area contributed by atoms with E-state index in [4.69, 9.17) is 9.30 Å². The van der Waals surface area contributed by atoms with Crippen LogP contribution in [0.4, 0.5) is 0 Å². The van der Waals surface area contributed by atoms with Crippen LogP contribution in [0.5, 0.6) is 0 Å². The third-order valence-electron chi connectivity index (χ3n) is 7.02. The Bertz CT molecular complexity index is 955. The van der Waals surface area contributed by atoms with Crippen molar-refractivity contribution in [2.45, 2.75) is 117 Å². The highest BCUT2D eigenvalue weighted by molar-refractivity contribution is 7.00. The minimum absolute atomic E-state index is 0.0100. The minimum atomic E-state index is -0.938. The van der Waals surface area contributed by atoms with Gasteiger partial charge < -0.3 is 4.74 Å². The van der Waals surface area contributed by atoms with Gasteiger partial charge in [0, 0.05) is 5.56 Å². The Kier molecular flexibility index (Phi) is 16.0. The van der Waals surface area contributed by atoms with Gasteiger partial charge >= 0.3 is 15.1 Å². The van der Waals surface area contributed by atoms with Gasteiger partial charge in [0.15, 0.2) is 5.78 Å². The first kappa shape index (κ1) is 33.7. The molecule has 0 heterocycles. The second kappa shape index (κ2) is 18.1. The molecule has 38 heavy (non-hydrogen) atoms. The molecular weight excluding hydrogens is 491 g/mol. The summed E-state index contributed by atoms with van der Waals surface area (Å²) < 4.78 is 13.8. The molecule has 0 amide bonds. The Morgan fingerprint density at radius 1 is 0.789 bits per heavy atom. The summed E-state index contributed by atoms with van der Waals surface area (Å²) in [5.41, 5.74) is 4.32. The number of ether oxygens (including phenoxy) is 1. The summed E-state index contributed by atoms with van der Waals surface area (Å²) in [5, 5.41) is 0. The van der Waals surface area contributed by atoms with Gasteiger partial charge in [0.25, 0.3) is 0 Å². The van der Waals surface area contributed by atoms with Crippen molar-refractivity contribution in [2.24, 2.45) is 0 Å². The molecule has 0 bridgehead atoms. The Labute approximate surface area is 233 Å². The molecule has 0 saturated heterocycles. The number of carbonyl (C=O) groups excluding carboxylic acids is 2. The third kappa shape index (κ3) is 11.2. The Hall–Kier alpha value is -2.32. The summed E-state index contributed by atoms with van der Waals surface area (Å²) in [4.78, 5) is 27.0. The summed E-state index contributed by atoms with van der Waals surface area (Å²) in [6.45, 7) is 13.0. The van der Waals surface area contributed by atoms with Crippen LogP contribution in [0.1, 0.15) is 130 Å². The zero-order chi connectivity index (χ0) is 28.6. The predicted molar refractivity (Wildman–Crippen MR) is 161 cm³/mol. The van der Waals surface area contributed by atoms with Crippen LogP contribution < -0.4 is 0 Å². The molecule has 0 fully saturated rings. The van der Waals surface area contributed by atoms with Crippen molar-refractivity contribution >= 4 is 20.9 Å². The van der Waals surface area contributed by atoms with E-state index >= 15 is 0 Å². The van der Waals surface area contributed by atoms with E-state index in [0.29, 0.717) is 17.7 Å². The highest BCUT2D eigenvalue weighted by Gasteiger charge is 2.33. The number of hydrogen-bond donors (Lipinski definition) is 0. The fourth-order valence-corrected chi connectivity index (χ4v) is 4.82. The maximum Gasteiger partial charge on any atom is 0.321 e. The lowest BCUT2D eigenvalue weighted by atomic mass is 9.81. The lowest BCUT2D eigenvalue weighted by molar-refractivity contribution is -0.144. The number of aryl methyl sites for hydroxylation is 2. The zero-order valence-electron chi connectivity index (χ0n) is 24.6. The van der Waals surface area contributed by atoms with Gasteiger partial charge in [0.05, 0.1) is 6.61 Å². The van der Waals surface area contributed by atoms with Crippen LogP contribution in [-0.4, -0.2) is 18.4 Å². The molecule has 0 aliphatic heterocycles. The number of unbranched alkanes of at least 4 members (excludes halogenated alkanes) is 9. The van der Waals surface area contributed by atoms with Crippen LogP contribution in [0.2, 0.25) is 0 Å². The second-order valence-electron chi connectivity index (χ2n) is 11.3. The third-order valence-corrected chi connectivity index (χ3v) is 7.02. The molecule has 0 spiro atoms. The monoisotopic (exact) mass is 541 g/mol. The molecule has 0 aliphatic carbocycles. The number of ketones is 1. The number of benzene rings is 2. The molecule has 210 valence electrons. The summed E-state index contributed by atoms with van der Waals surface area (Å²) >= 11 is 0. The Balaban J connectivity index is 0.00000352. The summed E-state index contributed by atoms with van der Waals surface area (Å²) in [7, 11) is 1.17. The van der Waals surface area contributed by atoms with Crippen molar-refractivity contribution in [1.29, 1.82) is 0 Å². The van der Waals surface area contributed by atoms with E-state index in [1.54, 1.807) is 0 Å². The van der Waals surface area contributed by atoms with E-state index in [1.165, 1.54) is 66.0 Å². The van der Waals surface area contributed by atoms with Crippen molar-refractivity contribution < 1.29 is 18.9 Å². The van der Waals surface area contributed by atoms with E-state index in [0.717, 1.165) is 24.0 Å². The summed E-state index contributed by atoms with van der Waals surface area (Å²) in [5.74, 6) is -1.56. The number of esters is 1. The highest BCUT2D eigenvalue weighted by atomic mass is 31.0. The number of carbonyl (C=O) groups is 2. The molecule has 2 rings (SSSR count). The van der Waals surface area contributed by atoms with Gasteiger partial charge in [-0.15, -0.1) is 0 Å². The molecular formula is C33H50O4P+. The number of rotatable bonds is 15. The van der Waals surface area contributed by atoms with Gasteiger partial charge in [-0.3, -0.25) is 9.59 Å². The van der Waals surface area contributed by atoms with Crippen LogP contribution in [0.15, 0.2) is 42.5 Å². The molecule has 5 heteroatoms. The normalized spacial score (nSPS) is 11.8. The minimum Gasteiger partial charge on any atom is -0.465 e. The van der Waals surface area contributed by atoms with Crippen molar-refractivity contribution in [2.75, 3.05) is 6.61 Å². The van der Waals surface area contributed by atoms with E-state index in [1.807, 2.05) is 44.2 Å². The van der Waals surface area contributed by atoms with Crippen molar-refractivity contribution in [3.05, 3.63) is 70.3 Å². The largest absolute Gasteiger partial charge is 0.465 e. The number of Topliss-reactive ketones (excluding diaryl/α,β-unsaturated/α-hetero) is 1. The van der Waals surface area contributed by atoms with E-state index in [-0.39, 0.29) is 11.2 Å². The maximum absolute atomic E-state index is 13.8. The molecule has 0 saturated carbocycles. The van der Waals surface area contributed by atoms with Gasteiger partial charge in [-0.25, -0.2) is 0 Å². The van der Waals surface area contributed by atoms with Gasteiger partial charge in [0.1, 0.15) is 5.92 Å². The lowest BCUT2D eigenvalue weighted by Gasteiger charge is -2.23. The topological polar surface area (TPSA) is 60.4 Å². The molecule has 2 unspecified atom stereocenters. The Morgan fingerprint density at radius 3 is 1.74 bits per heavy atom. The molecule has 4 nitrogen and oxygen atoms in total. The van der Waals surface area contributed by atoms with Crippen LogP contribution in [0, 0.1) is 13.8 Å². The van der Waals surface area contributed by atoms with Gasteiger partial charge in [0.2, 0.25) is 0 Å². The lowest BCUT2D eigenvalue weighted by Crippen LogP contribution is -2.26. The average Bonchev–Trinajstić information content (AvgIpc) is 2.88. The molecule has 2 aromatic carbocycles. The molecule has 0 radical (unpaired) electrons. The smallest absolute Gasteiger partial charge is 0.321 e. The van der Waals surface area contributed by atoms with Gasteiger partial charge in [-0.1, -0.05) is 133 Å². The van der Waals surface area contributed by atoms with Crippen molar-refractivity contribution in [3.8, 4) is 0 Å². The first-order valence-electron chi connectivity index (χ1n) is 14.3. The average molecular weight is 542 g/mol. The molecule has 2 atom stereocenters. The van der Waals surface area contributed by atoms with Crippen molar-refractivity contribution in [1.82, 2.24) is 0 Å². The van der Waals surface area contributed by atoms with E-state index in [2.05, 4.69) is 39.8 Å². The zero-order valence-corrected chi connectivity index (χ0v) is 25.8. The maximum atomic E-state index is 13.8. The fraction of sp³-hybridized carbons (Fsp3) is 0.576. The summed E-state index contributed by atoms with van der Waals surface area (Å²) in [6.07, 6.45) is 12.3. The predicted octanol–water partition coefficient (Wildman–Crippen LogP) is 9.24. The first-order valence-corrected chi connectivity index (χ1v) is 14.7. The fourth-order valence-electron chi connectivity index (χ4n) is 4.82. The molecule has 2 aromatic rings. The Morgan fingerprint density at radius 2 is 1.26 bits per heavy atom. The van der Waals surface area contributed by atoms with Crippen LogP contribution >= 0.6 is 9.12 Å². The summed E-state index contributed by atoms with van der Waals surface area (Å²) in [6, 6.07) is 13.5. The first-order chi connectivity index (χ1) is 18.2. The molecule has 0 N–H and O–H groups in total. The van der Waals surface area contributed by atoms with Gasteiger partial charge in [-0.2, -0.15) is 0 Å². The standard InChI is InChI=1S/C33H48O3.H2OP/c1-7-8-9-10-11-12-13-14-15-19-22-36-32(35)30(27-20-17-16-18-21-27)31(34)29-25(2)23-28(24-26(29)3)33(4,5)6;1-2/h16-18,20-21,23-24,30H,7-15,19,22H2,1-6H3;2H2/q;+1. The van der Waals surface area contributed by atoms with Crippen LogP contribution in [-0.2, 0) is 19.5 Å².